The Kier molecular flexibility index (Phi) is 7.27. The molecule has 0 amide bonds. The molecule has 1 atom stereocenters. The van der Waals surface area contributed by atoms with E-state index in [1.807, 2.05) is 30.3 Å². The molecule has 0 saturated heterocycles. The van der Waals surface area contributed by atoms with Crippen molar-refractivity contribution in [3.63, 3.8) is 0 Å². The first-order chi connectivity index (χ1) is 12.5. The second kappa shape index (κ2) is 9.43. The molecule has 26 heavy (non-hydrogen) atoms. The fourth-order valence-electron chi connectivity index (χ4n) is 2.38. The number of halogens is 1. The van der Waals surface area contributed by atoms with Gasteiger partial charge in [0.1, 0.15) is 5.54 Å². The van der Waals surface area contributed by atoms with Crippen molar-refractivity contribution in [2.24, 2.45) is 0 Å². The lowest BCUT2D eigenvalue weighted by Gasteiger charge is -2.34. The van der Waals surface area contributed by atoms with E-state index in [0.717, 1.165) is 5.56 Å². The van der Waals surface area contributed by atoms with Gasteiger partial charge in [-0.2, -0.15) is 10.2 Å². The highest BCUT2D eigenvalue weighted by atomic mass is 35.5. The molecule has 1 unspecified atom stereocenters. The van der Waals surface area contributed by atoms with Crippen molar-refractivity contribution >= 4 is 40.8 Å². The first-order valence-corrected chi connectivity index (χ1v) is 8.87. The molecule has 2 aromatic rings. The largest absolute Gasteiger partial charge is 0.384 e. The molecule has 2 rings (SSSR count). The molecular weight excluding hydrogens is 370 g/mol. The molecule has 1 heterocycles. The Labute approximate surface area is 163 Å². The predicted molar refractivity (Wildman–Crippen MR) is 107 cm³/mol. The molecule has 1 N–H and O–H groups in total. The van der Waals surface area contributed by atoms with E-state index < -0.39 is 5.54 Å². The van der Waals surface area contributed by atoms with Gasteiger partial charge in [0.15, 0.2) is 5.82 Å². The van der Waals surface area contributed by atoms with Crippen LogP contribution < -0.4 is 10.2 Å². The minimum atomic E-state index is -0.943. The third-order valence-electron chi connectivity index (χ3n) is 3.96. The second-order valence-corrected chi connectivity index (χ2v) is 6.32. The molecule has 8 heteroatoms. The molecule has 0 saturated carbocycles. The Morgan fingerprint density at radius 2 is 2.15 bits per heavy atom. The van der Waals surface area contributed by atoms with Crippen LogP contribution in [0.15, 0.2) is 36.5 Å². The number of ether oxygens (including phenoxy) is 1. The van der Waals surface area contributed by atoms with Crippen LogP contribution in [0.2, 0.25) is 5.28 Å². The van der Waals surface area contributed by atoms with Gasteiger partial charge in [-0.05, 0) is 24.1 Å². The summed E-state index contributed by atoms with van der Waals surface area (Å²) in [7, 11) is 1.74. The molecule has 0 aliphatic carbocycles. The molecule has 0 aliphatic rings. The maximum Gasteiger partial charge on any atom is 0.224 e. The molecule has 1 aromatic heterocycles. The topological polar surface area (TPSA) is 74.1 Å². The molecule has 6 nitrogen and oxygen atoms in total. The fraction of sp³-hybridized carbons (Fsp3) is 0.333. The number of rotatable bonds is 9. The van der Waals surface area contributed by atoms with E-state index in [2.05, 4.69) is 21.4 Å². The van der Waals surface area contributed by atoms with Gasteiger partial charge in [-0.1, -0.05) is 42.5 Å². The van der Waals surface area contributed by atoms with Crippen molar-refractivity contribution in [2.45, 2.75) is 25.5 Å². The molecule has 1 aromatic carbocycles. The van der Waals surface area contributed by atoms with Crippen molar-refractivity contribution < 1.29 is 4.74 Å². The van der Waals surface area contributed by atoms with Crippen LogP contribution in [0, 0.1) is 11.3 Å². The van der Waals surface area contributed by atoms with Crippen LogP contribution in [0.4, 0.5) is 11.5 Å². The summed E-state index contributed by atoms with van der Waals surface area (Å²) in [4.78, 5) is 9.81. The van der Waals surface area contributed by atoms with Crippen molar-refractivity contribution in [2.75, 3.05) is 23.9 Å². The number of nitriles is 1. The van der Waals surface area contributed by atoms with E-state index in [-0.39, 0.29) is 5.28 Å². The summed E-state index contributed by atoms with van der Waals surface area (Å²) in [6.45, 7) is 2.67. The maximum atomic E-state index is 9.79. The number of nitrogens with one attached hydrogen (secondary N) is 1. The van der Waals surface area contributed by atoms with Gasteiger partial charge in [-0.15, -0.1) is 0 Å². The molecule has 0 aliphatic heterocycles. The van der Waals surface area contributed by atoms with Gasteiger partial charge >= 0.3 is 0 Å². The number of aromatic nitrogens is 2. The molecule has 0 spiro atoms. The molecule has 0 bridgehead atoms. The Balaban J connectivity index is 2.11. The zero-order chi connectivity index (χ0) is 19.0. The molecule has 0 fully saturated rings. The van der Waals surface area contributed by atoms with E-state index in [4.69, 9.17) is 28.6 Å². The van der Waals surface area contributed by atoms with Crippen molar-refractivity contribution in [1.82, 2.24) is 9.97 Å². The first kappa shape index (κ1) is 20.0. The second-order valence-electron chi connectivity index (χ2n) is 5.78. The van der Waals surface area contributed by atoms with Crippen molar-refractivity contribution in [3.05, 3.63) is 47.4 Å². The number of anilines is 2. The average molecular weight is 390 g/mol. The van der Waals surface area contributed by atoms with Gasteiger partial charge < -0.3 is 15.0 Å². The average Bonchev–Trinajstić information content (AvgIpc) is 2.67. The standard InChI is InChI=1S/C18H20ClN5OS/c1-18(12-20,8-9-25-11-14-6-4-3-5-7-14)24(13-26)16-15(21-2)10-22-17(19)23-16/h3-7,10,13,21H,8-9,11H2,1-2H3. The smallest absolute Gasteiger partial charge is 0.224 e. The van der Waals surface area contributed by atoms with Gasteiger partial charge in [0.25, 0.3) is 0 Å². The first-order valence-electron chi connectivity index (χ1n) is 8.02. The van der Waals surface area contributed by atoms with Gasteiger partial charge in [-0.3, -0.25) is 0 Å². The molecule has 0 radical (unpaired) electrons. The van der Waals surface area contributed by atoms with E-state index >= 15 is 0 Å². The van der Waals surface area contributed by atoms with Crippen LogP contribution in [-0.2, 0) is 11.3 Å². The summed E-state index contributed by atoms with van der Waals surface area (Å²) >= 11 is 11.1. The number of thiocarbonyl (C=S) groups is 1. The van der Waals surface area contributed by atoms with E-state index in [9.17, 15) is 5.26 Å². The van der Waals surface area contributed by atoms with Gasteiger partial charge in [0, 0.05) is 13.5 Å². The van der Waals surface area contributed by atoms with Crippen LogP contribution in [0.1, 0.15) is 18.9 Å². The monoisotopic (exact) mass is 389 g/mol. The Morgan fingerprint density at radius 1 is 1.42 bits per heavy atom. The van der Waals surface area contributed by atoms with Crippen LogP contribution in [0.5, 0.6) is 0 Å². The highest BCUT2D eigenvalue weighted by Gasteiger charge is 2.33. The van der Waals surface area contributed by atoms with Crippen molar-refractivity contribution in [1.29, 1.82) is 5.26 Å². The lowest BCUT2D eigenvalue weighted by Crippen LogP contribution is -2.46. The highest BCUT2D eigenvalue weighted by Crippen LogP contribution is 2.30. The summed E-state index contributed by atoms with van der Waals surface area (Å²) in [6, 6.07) is 12.2. The van der Waals surface area contributed by atoms with E-state index in [0.29, 0.717) is 31.1 Å². The van der Waals surface area contributed by atoms with E-state index in [1.165, 1.54) is 5.49 Å². The number of hydrogen-bond acceptors (Lipinski definition) is 6. The van der Waals surface area contributed by atoms with Gasteiger partial charge in [-0.25, -0.2) is 4.98 Å². The summed E-state index contributed by atoms with van der Waals surface area (Å²) in [5, 5.41) is 12.9. The quantitative estimate of drug-likeness (QED) is 0.397. The Hall–Kier alpha value is -2.27. The zero-order valence-electron chi connectivity index (χ0n) is 14.6. The number of benzene rings is 1. The summed E-state index contributed by atoms with van der Waals surface area (Å²) in [5.74, 6) is 0.453. The summed E-state index contributed by atoms with van der Waals surface area (Å²) in [5.41, 5.74) is 2.17. The minimum Gasteiger partial charge on any atom is -0.384 e. The lowest BCUT2D eigenvalue weighted by atomic mass is 9.98. The maximum absolute atomic E-state index is 9.79. The van der Waals surface area contributed by atoms with Crippen LogP contribution >= 0.6 is 23.8 Å². The summed E-state index contributed by atoms with van der Waals surface area (Å²) in [6.07, 6.45) is 1.99. The van der Waals surface area contributed by atoms with Gasteiger partial charge in [0.2, 0.25) is 5.28 Å². The zero-order valence-corrected chi connectivity index (χ0v) is 16.2. The third-order valence-corrected chi connectivity index (χ3v) is 4.35. The van der Waals surface area contributed by atoms with Gasteiger partial charge in [0.05, 0.1) is 36.7 Å². The third kappa shape index (κ3) is 4.88. The minimum absolute atomic E-state index is 0.0847. The molecular formula is C18H20ClN5OS. The number of hydrogen-bond donors (Lipinski definition) is 1. The van der Waals surface area contributed by atoms with E-state index in [1.54, 1.807) is 25.1 Å². The normalized spacial score (nSPS) is 12.7. The predicted octanol–water partition coefficient (Wildman–Crippen LogP) is 3.82. The molecule has 136 valence electrons. The lowest BCUT2D eigenvalue weighted by molar-refractivity contribution is 0.110. The Morgan fingerprint density at radius 3 is 2.77 bits per heavy atom. The van der Waals surface area contributed by atoms with Crippen LogP contribution in [-0.4, -0.2) is 34.7 Å². The highest BCUT2D eigenvalue weighted by molar-refractivity contribution is 7.79. The van der Waals surface area contributed by atoms with Crippen molar-refractivity contribution in [3.8, 4) is 6.07 Å². The van der Waals surface area contributed by atoms with Crippen LogP contribution in [0.25, 0.3) is 0 Å². The van der Waals surface area contributed by atoms with Crippen LogP contribution in [0.3, 0.4) is 0 Å². The summed E-state index contributed by atoms with van der Waals surface area (Å²) < 4.78 is 5.73. The number of nitrogens with zero attached hydrogens (tertiary/aromatic N) is 4. The SMILES string of the molecule is CNc1cnc(Cl)nc1N(C=S)C(C)(C#N)CCOCc1ccccc1. The fourth-order valence-corrected chi connectivity index (χ4v) is 2.84. The Bertz CT molecular complexity index is 783.